The topological polar surface area (TPSA) is 27.8 Å². The molecular weight excluding hydrogens is 196 g/mol. The summed E-state index contributed by atoms with van der Waals surface area (Å²) in [6, 6.07) is 2.87. The number of H-pyrrole nitrogens is 1. The van der Waals surface area contributed by atoms with Gasteiger partial charge in [-0.3, -0.25) is 0 Å². The van der Waals surface area contributed by atoms with E-state index in [1.807, 2.05) is 6.20 Å². The van der Waals surface area contributed by atoms with Crippen LogP contribution in [0.5, 0.6) is 0 Å². The first-order chi connectivity index (χ1) is 7.90. The Morgan fingerprint density at radius 3 is 2.81 bits per heavy atom. The summed E-state index contributed by atoms with van der Waals surface area (Å²) >= 11 is 0. The molecule has 2 rings (SSSR count). The molecule has 16 heavy (non-hydrogen) atoms. The minimum atomic E-state index is 0.718. The first-order valence-corrected chi connectivity index (χ1v) is 6.75. The zero-order valence-electron chi connectivity index (χ0n) is 10.3. The highest BCUT2D eigenvalue weighted by Crippen LogP contribution is 2.27. The summed E-state index contributed by atoms with van der Waals surface area (Å²) in [6.45, 7) is 3.32. The average Bonchev–Trinajstić information content (AvgIpc) is 2.84. The Bertz CT molecular complexity index is 273. The van der Waals surface area contributed by atoms with Gasteiger partial charge in [0.2, 0.25) is 0 Å². The third kappa shape index (κ3) is 3.11. The molecule has 0 aliphatic heterocycles. The van der Waals surface area contributed by atoms with Crippen LogP contribution >= 0.6 is 0 Å². The minimum absolute atomic E-state index is 0.718. The zero-order chi connectivity index (χ0) is 11.2. The molecule has 1 aliphatic carbocycles. The van der Waals surface area contributed by atoms with Crippen molar-refractivity contribution in [2.24, 2.45) is 5.92 Å². The van der Waals surface area contributed by atoms with Crippen molar-refractivity contribution in [3.63, 3.8) is 0 Å². The van der Waals surface area contributed by atoms with E-state index in [1.54, 1.807) is 0 Å². The van der Waals surface area contributed by atoms with Gasteiger partial charge in [0.05, 0.1) is 0 Å². The molecule has 1 fully saturated rings. The molecule has 90 valence electrons. The van der Waals surface area contributed by atoms with Gasteiger partial charge < -0.3 is 10.3 Å². The van der Waals surface area contributed by atoms with E-state index in [9.17, 15) is 0 Å². The Balaban J connectivity index is 1.80. The molecule has 1 atom stereocenters. The number of aromatic nitrogens is 1. The summed E-state index contributed by atoms with van der Waals surface area (Å²) < 4.78 is 0. The van der Waals surface area contributed by atoms with E-state index in [0.717, 1.165) is 18.5 Å². The van der Waals surface area contributed by atoms with Gasteiger partial charge >= 0.3 is 0 Å². The Kier molecular flexibility index (Phi) is 4.46. The van der Waals surface area contributed by atoms with E-state index in [2.05, 4.69) is 29.5 Å². The molecule has 2 N–H and O–H groups in total. The molecule has 0 amide bonds. The van der Waals surface area contributed by atoms with Crippen molar-refractivity contribution in [1.29, 1.82) is 0 Å². The van der Waals surface area contributed by atoms with E-state index < -0.39 is 0 Å². The van der Waals surface area contributed by atoms with Crippen molar-refractivity contribution >= 4 is 0 Å². The molecule has 1 saturated carbocycles. The Hall–Kier alpha value is -0.760. The number of nitrogens with one attached hydrogen (secondary N) is 2. The highest BCUT2D eigenvalue weighted by molar-refractivity contribution is 5.07. The summed E-state index contributed by atoms with van der Waals surface area (Å²) in [6.07, 6.45) is 12.5. The van der Waals surface area contributed by atoms with Crippen molar-refractivity contribution in [2.45, 2.75) is 58.0 Å². The molecule has 1 aromatic rings. The van der Waals surface area contributed by atoms with Gasteiger partial charge in [0.25, 0.3) is 0 Å². The van der Waals surface area contributed by atoms with Gasteiger partial charge in [0.1, 0.15) is 0 Å². The van der Waals surface area contributed by atoms with Gasteiger partial charge in [-0.25, -0.2) is 0 Å². The zero-order valence-corrected chi connectivity index (χ0v) is 10.3. The molecule has 1 aliphatic rings. The summed E-state index contributed by atoms with van der Waals surface area (Å²) in [5.74, 6) is 0.915. The van der Waals surface area contributed by atoms with Crippen LogP contribution in [0.3, 0.4) is 0 Å². The lowest BCUT2D eigenvalue weighted by atomic mass is 9.83. The molecule has 1 heterocycles. The van der Waals surface area contributed by atoms with Crippen LogP contribution < -0.4 is 5.32 Å². The minimum Gasteiger partial charge on any atom is -0.367 e. The molecule has 2 nitrogen and oxygen atoms in total. The van der Waals surface area contributed by atoms with Crippen LogP contribution in [0.15, 0.2) is 18.5 Å². The third-order valence-corrected chi connectivity index (χ3v) is 3.89. The molecule has 0 aromatic carbocycles. The highest BCUT2D eigenvalue weighted by Gasteiger charge is 2.21. The average molecular weight is 220 g/mol. The number of rotatable bonds is 5. The van der Waals surface area contributed by atoms with Crippen LogP contribution in [0.4, 0.5) is 0 Å². The van der Waals surface area contributed by atoms with Gasteiger partial charge in [-0.05, 0) is 36.8 Å². The predicted molar refractivity (Wildman–Crippen MR) is 68.3 cm³/mol. The lowest BCUT2D eigenvalue weighted by Gasteiger charge is -2.30. The van der Waals surface area contributed by atoms with Crippen LogP contribution in [0.2, 0.25) is 0 Å². The monoisotopic (exact) mass is 220 g/mol. The molecular formula is C14H24N2. The highest BCUT2D eigenvalue weighted by atomic mass is 14.9. The lowest BCUT2D eigenvalue weighted by Crippen LogP contribution is -2.36. The van der Waals surface area contributed by atoms with Crippen LogP contribution in [0, 0.1) is 5.92 Å². The molecule has 2 heteroatoms. The molecule has 0 radical (unpaired) electrons. The second kappa shape index (κ2) is 6.09. The smallest absolute Gasteiger partial charge is 0.0223 e. The molecule has 0 bridgehead atoms. The van der Waals surface area contributed by atoms with E-state index in [0.29, 0.717) is 0 Å². The van der Waals surface area contributed by atoms with Crippen LogP contribution in [-0.2, 0) is 6.54 Å². The van der Waals surface area contributed by atoms with Gasteiger partial charge in [-0.1, -0.05) is 26.2 Å². The predicted octanol–water partition coefficient (Wildman–Crippen LogP) is 3.46. The third-order valence-electron chi connectivity index (χ3n) is 3.89. The molecule has 0 saturated heterocycles. The normalized spacial score (nSPS) is 19.8. The quantitative estimate of drug-likeness (QED) is 0.781. The standard InChI is InChI=1S/C14H24N2/c1-2-14(13-6-4-3-5-7-13)16-11-12-8-9-15-10-12/h8-10,13-16H,2-7,11H2,1H3. The largest absolute Gasteiger partial charge is 0.367 e. The maximum atomic E-state index is 3.72. The molecule has 1 unspecified atom stereocenters. The van der Waals surface area contributed by atoms with E-state index in [4.69, 9.17) is 0 Å². The summed E-state index contributed by atoms with van der Waals surface area (Å²) in [4.78, 5) is 3.11. The summed E-state index contributed by atoms with van der Waals surface area (Å²) in [7, 11) is 0. The first-order valence-electron chi connectivity index (χ1n) is 6.75. The fraction of sp³-hybridized carbons (Fsp3) is 0.714. The Labute approximate surface area is 98.8 Å². The summed E-state index contributed by atoms with van der Waals surface area (Å²) in [5.41, 5.74) is 1.37. The first kappa shape index (κ1) is 11.7. The molecule has 1 aromatic heterocycles. The SMILES string of the molecule is CCC(NCc1cc[nH]c1)C1CCCCC1. The number of hydrogen-bond acceptors (Lipinski definition) is 1. The number of hydrogen-bond donors (Lipinski definition) is 2. The fourth-order valence-corrected chi connectivity index (χ4v) is 2.90. The van der Waals surface area contributed by atoms with Crippen LogP contribution in [0.25, 0.3) is 0 Å². The van der Waals surface area contributed by atoms with Crippen LogP contribution in [0.1, 0.15) is 51.0 Å². The lowest BCUT2D eigenvalue weighted by molar-refractivity contribution is 0.262. The van der Waals surface area contributed by atoms with Gasteiger partial charge in [0.15, 0.2) is 0 Å². The number of aromatic amines is 1. The van der Waals surface area contributed by atoms with E-state index in [1.165, 1.54) is 44.1 Å². The summed E-state index contributed by atoms with van der Waals surface area (Å²) in [5, 5.41) is 3.72. The van der Waals surface area contributed by atoms with E-state index >= 15 is 0 Å². The maximum Gasteiger partial charge on any atom is 0.0223 e. The van der Waals surface area contributed by atoms with E-state index in [-0.39, 0.29) is 0 Å². The fourth-order valence-electron chi connectivity index (χ4n) is 2.90. The maximum absolute atomic E-state index is 3.72. The van der Waals surface area contributed by atoms with Crippen molar-refractivity contribution in [2.75, 3.05) is 0 Å². The second-order valence-electron chi connectivity index (χ2n) is 5.01. The van der Waals surface area contributed by atoms with Gasteiger partial charge in [0, 0.05) is 25.0 Å². The Morgan fingerprint density at radius 2 is 2.19 bits per heavy atom. The van der Waals surface area contributed by atoms with Gasteiger partial charge in [-0.15, -0.1) is 0 Å². The van der Waals surface area contributed by atoms with Crippen molar-refractivity contribution in [3.05, 3.63) is 24.0 Å². The van der Waals surface area contributed by atoms with Crippen molar-refractivity contribution in [3.8, 4) is 0 Å². The van der Waals surface area contributed by atoms with Gasteiger partial charge in [-0.2, -0.15) is 0 Å². The Morgan fingerprint density at radius 1 is 1.38 bits per heavy atom. The van der Waals surface area contributed by atoms with Crippen LogP contribution in [-0.4, -0.2) is 11.0 Å². The van der Waals surface area contributed by atoms with Crippen molar-refractivity contribution < 1.29 is 0 Å². The second-order valence-corrected chi connectivity index (χ2v) is 5.01. The molecule has 0 spiro atoms. The van der Waals surface area contributed by atoms with Crippen molar-refractivity contribution in [1.82, 2.24) is 10.3 Å².